The summed E-state index contributed by atoms with van der Waals surface area (Å²) in [5, 5.41) is 13.4. The van der Waals surface area contributed by atoms with Crippen molar-refractivity contribution in [1.29, 1.82) is 0 Å². The van der Waals surface area contributed by atoms with Gasteiger partial charge in [0.15, 0.2) is 5.60 Å². The molecule has 1 heterocycles. The third-order valence-electron chi connectivity index (χ3n) is 10.2. The van der Waals surface area contributed by atoms with Gasteiger partial charge in [0.2, 0.25) is 0 Å². The van der Waals surface area contributed by atoms with Crippen LogP contribution in [0.25, 0.3) is 0 Å². The normalized spacial score (nSPS) is 16.4. The Kier molecular flexibility index (Phi) is 11.1. The van der Waals surface area contributed by atoms with Gasteiger partial charge in [-0.15, -0.1) is 0 Å². The second kappa shape index (κ2) is 15.8. The SMILES string of the molecule is CC(C)[C@@H]1N(C(=O)/C=C/C[C@@H](O[Si](c2ccccc2)(c2ccccc2)C(C)(C)C)c2ccc([N+](=O)[O-])cc2)C(=O)OC1(c1ccccc1)c1ccccc1. The Hall–Kier alpha value is -5.64. The van der Waals surface area contributed by atoms with E-state index in [-0.39, 0.29) is 23.1 Å². The smallest absolute Gasteiger partial charge is 0.418 e. The molecular formula is C45H46N2O6Si. The Balaban J connectivity index is 1.40. The van der Waals surface area contributed by atoms with Gasteiger partial charge < -0.3 is 9.16 Å². The summed E-state index contributed by atoms with van der Waals surface area (Å²) in [6.07, 6.45) is 2.11. The number of hydrogen-bond acceptors (Lipinski definition) is 6. The number of nitro benzene ring substituents is 1. The van der Waals surface area contributed by atoms with Gasteiger partial charge in [-0.1, -0.05) is 162 Å². The van der Waals surface area contributed by atoms with E-state index in [0.29, 0.717) is 0 Å². The first-order chi connectivity index (χ1) is 25.9. The van der Waals surface area contributed by atoms with Gasteiger partial charge in [0.1, 0.15) is 0 Å². The van der Waals surface area contributed by atoms with E-state index in [4.69, 9.17) is 9.16 Å². The molecule has 5 aromatic carbocycles. The summed E-state index contributed by atoms with van der Waals surface area (Å²) in [5.74, 6) is -0.666. The lowest BCUT2D eigenvalue weighted by atomic mass is 9.75. The molecule has 276 valence electrons. The third kappa shape index (κ3) is 7.17. The Morgan fingerprint density at radius 1 is 0.815 bits per heavy atom. The summed E-state index contributed by atoms with van der Waals surface area (Å²) < 4.78 is 13.8. The van der Waals surface area contributed by atoms with Crippen molar-refractivity contribution in [3.63, 3.8) is 0 Å². The van der Waals surface area contributed by atoms with Crippen LogP contribution in [0.1, 0.15) is 63.8 Å². The molecule has 5 aromatic rings. The van der Waals surface area contributed by atoms with Crippen LogP contribution in [-0.2, 0) is 19.6 Å². The predicted octanol–water partition coefficient (Wildman–Crippen LogP) is 9.11. The number of rotatable bonds is 12. The first-order valence-electron chi connectivity index (χ1n) is 18.3. The van der Waals surface area contributed by atoms with Crippen LogP contribution >= 0.6 is 0 Å². The fourth-order valence-corrected chi connectivity index (χ4v) is 12.5. The van der Waals surface area contributed by atoms with Crippen LogP contribution in [0.15, 0.2) is 158 Å². The summed E-state index contributed by atoms with van der Waals surface area (Å²) in [4.78, 5) is 40.6. The number of ether oxygens (including phenoxy) is 1. The largest absolute Gasteiger partial charge is 0.430 e. The monoisotopic (exact) mass is 738 g/mol. The zero-order valence-corrected chi connectivity index (χ0v) is 32.3. The molecule has 1 aliphatic rings. The molecule has 0 radical (unpaired) electrons. The highest BCUT2D eigenvalue weighted by molar-refractivity contribution is 6.99. The van der Waals surface area contributed by atoms with Crippen molar-refractivity contribution < 1.29 is 23.7 Å². The van der Waals surface area contributed by atoms with Crippen LogP contribution in [0, 0.1) is 16.0 Å². The zero-order chi connectivity index (χ0) is 38.5. The molecule has 54 heavy (non-hydrogen) atoms. The van der Waals surface area contributed by atoms with Gasteiger partial charge in [-0.3, -0.25) is 14.9 Å². The molecule has 0 aromatic heterocycles. The van der Waals surface area contributed by atoms with Gasteiger partial charge in [-0.05, 0) is 51.5 Å². The van der Waals surface area contributed by atoms with Gasteiger partial charge >= 0.3 is 6.09 Å². The lowest BCUT2D eigenvalue weighted by Crippen LogP contribution is -2.66. The van der Waals surface area contributed by atoms with Crippen LogP contribution in [0.4, 0.5) is 10.5 Å². The van der Waals surface area contributed by atoms with Crippen LogP contribution < -0.4 is 10.4 Å². The van der Waals surface area contributed by atoms with Crippen molar-refractivity contribution in [2.24, 2.45) is 5.92 Å². The van der Waals surface area contributed by atoms with E-state index in [0.717, 1.165) is 27.1 Å². The highest BCUT2D eigenvalue weighted by Gasteiger charge is 2.59. The summed E-state index contributed by atoms with van der Waals surface area (Å²) in [7, 11) is -3.10. The molecule has 1 fully saturated rings. The van der Waals surface area contributed by atoms with Gasteiger partial charge in [-0.2, -0.15) is 0 Å². The number of non-ortho nitro benzene ring substituents is 1. The average molecular weight is 739 g/mol. The minimum Gasteiger partial charge on any atom is -0.430 e. The third-order valence-corrected chi connectivity index (χ3v) is 15.3. The van der Waals surface area contributed by atoms with E-state index in [9.17, 15) is 19.7 Å². The molecule has 1 saturated heterocycles. The number of carbonyl (C=O) groups excluding carboxylic acids is 2. The molecule has 2 atom stereocenters. The summed E-state index contributed by atoms with van der Waals surface area (Å²) in [6, 6.07) is 45.3. The van der Waals surface area contributed by atoms with Crippen molar-refractivity contribution in [2.75, 3.05) is 0 Å². The maximum atomic E-state index is 14.3. The van der Waals surface area contributed by atoms with Gasteiger partial charge in [0.05, 0.1) is 17.1 Å². The van der Waals surface area contributed by atoms with Crippen molar-refractivity contribution in [2.45, 2.75) is 63.8 Å². The predicted molar refractivity (Wildman–Crippen MR) is 214 cm³/mol. The number of nitro groups is 1. The maximum Gasteiger partial charge on any atom is 0.418 e. The number of benzene rings is 5. The first kappa shape index (κ1) is 38.1. The first-order valence-corrected chi connectivity index (χ1v) is 20.2. The average Bonchev–Trinajstić information content (AvgIpc) is 3.51. The van der Waals surface area contributed by atoms with Gasteiger partial charge in [0, 0.05) is 23.3 Å². The highest BCUT2D eigenvalue weighted by atomic mass is 28.4. The second-order valence-electron chi connectivity index (χ2n) is 15.0. The van der Waals surface area contributed by atoms with E-state index < -0.39 is 43.0 Å². The Bertz CT molecular complexity index is 2000. The molecule has 0 bridgehead atoms. The van der Waals surface area contributed by atoms with Crippen LogP contribution in [-0.4, -0.2) is 36.2 Å². The van der Waals surface area contributed by atoms with E-state index in [1.807, 2.05) is 111 Å². The topological polar surface area (TPSA) is 99.0 Å². The van der Waals surface area contributed by atoms with Gasteiger partial charge in [0.25, 0.3) is 19.9 Å². The maximum absolute atomic E-state index is 14.3. The Labute approximate surface area is 318 Å². The van der Waals surface area contributed by atoms with Crippen LogP contribution in [0.5, 0.6) is 0 Å². The summed E-state index contributed by atoms with van der Waals surface area (Å²) in [6.45, 7) is 10.5. The molecule has 0 aliphatic carbocycles. The minimum absolute atomic E-state index is 0.0266. The lowest BCUT2D eigenvalue weighted by molar-refractivity contribution is -0.384. The molecule has 8 nitrogen and oxygen atoms in total. The van der Waals surface area contributed by atoms with Crippen LogP contribution in [0.3, 0.4) is 0 Å². The molecule has 2 amide bonds. The van der Waals surface area contributed by atoms with Crippen molar-refractivity contribution in [3.05, 3.63) is 185 Å². The van der Waals surface area contributed by atoms with Crippen molar-refractivity contribution in [1.82, 2.24) is 4.90 Å². The minimum atomic E-state index is -3.10. The van der Waals surface area contributed by atoms with Crippen LogP contribution in [0.2, 0.25) is 5.04 Å². The van der Waals surface area contributed by atoms with Crippen molar-refractivity contribution in [3.8, 4) is 0 Å². The second-order valence-corrected chi connectivity index (χ2v) is 19.2. The standard InChI is InChI=1S/C45H46N2O6Si/c1-33(2)42-45(35-19-10-6-11-20-35,36-21-12-7-13-22-36)52-43(49)46(42)41(48)28-18-27-40(34-29-31-37(32-30-34)47(50)51)53-54(44(3,4)5,38-23-14-8-15-24-38)39-25-16-9-17-26-39/h6-26,28-33,40,42H,27H2,1-5H3/b28-18+/t40-,42+/m1/s1. The van der Waals surface area contributed by atoms with Crippen molar-refractivity contribution >= 4 is 36.4 Å². The number of amides is 2. The Morgan fingerprint density at radius 2 is 1.28 bits per heavy atom. The Morgan fingerprint density at radius 3 is 1.70 bits per heavy atom. The summed E-state index contributed by atoms with van der Waals surface area (Å²) >= 11 is 0. The molecule has 0 unspecified atom stereocenters. The fraction of sp³-hybridized carbons (Fsp3) is 0.244. The number of imide groups is 1. The molecule has 1 aliphatic heterocycles. The molecule has 0 N–H and O–H groups in total. The summed E-state index contributed by atoms with van der Waals surface area (Å²) in [5.41, 5.74) is 1.05. The molecule has 9 heteroatoms. The number of carbonyl (C=O) groups is 2. The molecule has 0 spiro atoms. The lowest BCUT2D eigenvalue weighted by Gasteiger charge is -2.45. The highest BCUT2D eigenvalue weighted by Crippen LogP contribution is 2.47. The van der Waals surface area contributed by atoms with E-state index in [1.165, 1.54) is 23.1 Å². The molecule has 0 saturated carbocycles. The molecular weight excluding hydrogens is 693 g/mol. The number of hydrogen-bond donors (Lipinski definition) is 0. The molecule has 6 rings (SSSR count). The number of cyclic esters (lactones) is 1. The van der Waals surface area contributed by atoms with E-state index >= 15 is 0 Å². The number of nitrogens with zero attached hydrogens (tertiary/aromatic N) is 2. The van der Waals surface area contributed by atoms with E-state index in [2.05, 4.69) is 45.0 Å². The quantitative estimate of drug-likeness (QED) is 0.0548. The zero-order valence-electron chi connectivity index (χ0n) is 31.3. The van der Waals surface area contributed by atoms with Gasteiger partial charge in [-0.25, -0.2) is 9.69 Å². The fourth-order valence-electron chi connectivity index (χ4n) is 7.88. The van der Waals surface area contributed by atoms with E-state index in [1.54, 1.807) is 18.2 Å².